The second kappa shape index (κ2) is 7.88. The molecule has 1 aromatic carbocycles. The molecule has 1 fully saturated rings. The van der Waals surface area contributed by atoms with Crippen LogP contribution >= 0.6 is 0 Å². The molecule has 0 aromatic heterocycles. The largest absolute Gasteiger partial charge is 0.370 e. The minimum Gasteiger partial charge on any atom is -0.370 e. The van der Waals surface area contributed by atoms with Crippen LogP contribution in [0.4, 0.5) is 0 Å². The summed E-state index contributed by atoms with van der Waals surface area (Å²) >= 11 is 0. The van der Waals surface area contributed by atoms with Crippen molar-refractivity contribution in [3.8, 4) is 0 Å². The lowest BCUT2D eigenvalue weighted by Gasteiger charge is -2.32. The summed E-state index contributed by atoms with van der Waals surface area (Å²) in [5.41, 5.74) is 1.14. The molecule has 2 rings (SSSR count). The molecule has 0 saturated carbocycles. The molecule has 18 heavy (non-hydrogen) atoms. The van der Waals surface area contributed by atoms with Gasteiger partial charge in [-0.05, 0) is 5.56 Å². The van der Waals surface area contributed by atoms with Gasteiger partial charge >= 0.3 is 0 Å². The third-order valence-corrected chi connectivity index (χ3v) is 2.68. The number of amides is 1. The van der Waals surface area contributed by atoms with Crippen molar-refractivity contribution < 1.29 is 9.53 Å². The monoisotopic (exact) mass is 249 g/mol. The Bertz CT molecular complexity index is 351. The van der Waals surface area contributed by atoms with Crippen molar-refractivity contribution in [1.29, 1.82) is 0 Å². The number of carbonyl (C=O) groups excluding carboxylic acids is 1. The number of benzene rings is 1. The van der Waals surface area contributed by atoms with Gasteiger partial charge in [-0.15, -0.1) is 0 Å². The molecular weight excluding hydrogens is 226 g/mol. The van der Waals surface area contributed by atoms with E-state index in [0.717, 1.165) is 5.56 Å². The summed E-state index contributed by atoms with van der Waals surface area (Å²) in [5.74, 6) is 0.124. The second-order valence-corrected chi connectivity index (χ2v) is 4.44. The maximum Gasteiger partial charge on any atom is 0.219 e. The van der Waals surface area contributed by atoms with Crippen LogP contribution in [0.15, 0.2) is 30.3 Å². The van der Waals surface area contributed by atoms with Gasteiger partial charge in [0.25, 0.3) is 0 Å². The van der Waals surface area contributed by atoms with Crippen LogP contribution in [0.3, 0.4) is 0 Å². The Kier molecular flexibility index (Phi) is 6.44. The van der Waals surface area contributed by atoms with Crippen molar-refractivity contribution in [2.45, 2.75) is 33.3 Å². The van der Waals surface area contributed by atoms with Crippen molar-refractivity contribution in [2.24, 2.45) is 0 Å². The van der Waals surface area contributed by atoms with E-state index in [4.69, 9.17) is 4.74 Å². The molecular formula is C15H23NO2. The van der Waals surface area contributed by atoms with Gasteiger partial charge in [0, 0.05) is 13.5 Å². The van der Waals surface area contributed by atoms with E-state index in [1.165, 1.54) is 6.42 Å². The van der Waals surface area contributed by atoms with Gasteiger partial charge in [-0.25, -0.2) is 0 Å². The van der Waals surface area contributed by atoms with E-state index in [0.29, 0.717) is 19.7 Å². The van der Waals surface area contributed by atoms with Gasteiger partial charge in [-0.3, -0.25) is 4.79 Å². The summed E-state index contributed by atoms with van der Waals surface area (Å²) < 4.78 is 5.65. The minimum absolute atomic E-state index is 0.0313. The molecule has 1 heterocycles. The Balaban J connectivity index is 0.000000492. The lowest BCUT2D eigenvalue weighted by molar-refractivity contribution is -0.136. The summed E-state index contributed by atoms with van der Waals surface area (Å²) in [7, 11) is 0. The zero-order valence-corrected chi connectivity index (χ0v) is 11.6. The van der Waals surface area contributed by atoms with E-state index < -0.39 is 0 Å². The first kappa shape index (κ1) is 14.7. The molecule has 0 radical (unpaired) electrons. The number of nitrogens with zero attached hydrogens (tertiary/aromatic N) is 1. The Hall–Kier alpha value is -1.35. The van der Waals surface area contributed by atoms with Crippen LogP contribution < -0.4 is 0 Å². The third kappa shape index (κ3) is 4.49. The van der Waals surface area contributed by atoms with Crippen molar-refractivity contribution in [1.82, 2.24) is 4.90 Å². The summed E-state index contributed by atoms with van der Waals surface area (Å²) in [5, 5.41) is 0. The molecule has 3 nitrogen and oxygen atoms in total. The zero-order valence-electron chi connectivity index (χ0n) is 11.6. The Labute approximate surface area is 110 Å². The van der Waals surface area contributed by atoms with Crippen LogP contribution in [0.2, 0.25) is 0 Å². The Morgan fingerprint density at radius 3 is 2.50 bits per heavy atom. The molecule has 1 unspecified atom stereocenters. The molecule has 0 bridgehead atoms. The van der Waals surface area contributed by atoms with Crippen LogP contribution in [0.1, 0.15) is 38.9 Å². The van der Waals surface area contributed by atoms with Crippen molar-refractivity contribution in [2.75, 3.05) is 19.7 Å². The van der Waals surface area contributed by atoms with Crippen molar-refractivity contribution in [3.63, 3.8) is 0 Å². The molecule has 1 atom stereocenters. The summed E-state index contributed by atoms with van der Waals surface area (Å²) in [6, 6.07) is 10.0. The van der Waals surface area contributed by atoms with Gasteiger partial charge < -0.3 is 9.64 Å². The average Bonchev–Trinajstić information content (AvgIpc) is 2.41. The highest BCUT2D eigenvalue weighted by atomic mass is 16.5. The number of carbonyl (C=O) groups is 1. The molecule has 1 aliphatic heterocycles. The predicted octanol–water partition coefficient (Wildman–Crippen LogP) is 3.02. The highest BCUT2D eigenvalue weighted by Gasteiger charge is 2.22. The number of hydrogen-bond donors (Lipinski definition) is 0. The molecule has 100 valence electrons. The van der Waals surface area contributed by atoms with E-state index in [-0.39, 0.29) is 12.0 Å². The van der Waals surface area contributed by atoms with E-state index in [1.54, 1.807) is 6.92 Å². The lowest BCUT2D eigenvalue weighted by Crippen LogP contribution is -2.41. The number of hydrogen-bond acceptors (Lipinski definition) is 2. The van der Waals surface area contributed by atoms with Gasteiger partial charge in [-0.2, -0.15) is 0 Å². The fourth-order valence-corrected chi connectivity index (χ4v) is 1.80. The fourth-order valence-electron chi connectivity index (χ4n) is 1.80. The predicted molar refractivity (Wildman–Crippen MR) is 73.4 cm³/mol. The highest BCUT2D eigenvalue weighted by molar-refractivity contribution is 5.73. The maximum absolute atomic E-state index is 11.2. The Morgan fingerprint density at radius 2 is 1.94 bits per heavy atom. The van der Waals surface area contributed by atoms with E-state index in [1.807, 2.05) is 35.2 Å². The SMILES string of the molecule is CC(=O)N1CCOC(c2ccccc2)C1.CCC. The van der Waals surface area contributed by atoms with Gasteiger partial charge in [0.2, 0.25) is 5.91 Å². The first-order chi connectivity index (χ1) is 8.69. The molecule has 0 N–H and O–H groups in total. The lowest BCUT2D eigenvalue weighted by atomic mass is 10.1. The van der Waals surface area contributed by atoms with Crippen LogP contribution in [0.25, 0.3) is 0 Å². The van der Waals surface area contributed by atoms with Gasteiger partial charge in [-0.1, -0.05) is 50.6 Å². The Morgan fingerprint density at radius 1 is 1.33 bits per heavy atom. The van der Waals surface area contributed by atoms with Crippen molar-refractivity contribution in [3.05, 3.63) is 35.9 Å². The van der Waals surface area contributed by atoms with Crippen molar-refractivity contribution >= 4 is 5.91 Å². The van der Waals surface area contributed by atoms with Gasteiger partial charge in [0.05, 0.1) is 13.2 Å². The normalized spacial score (nSPS) is 18.8. The van der Waals surface area contributed by atoms with Gasteiger partial charge in [0.15, 0.2) is 0 Å². The van der Waals surface area contributed by atoms with E-state index in [9.17, 15) is 4.79 Å². The summed E-state index contributed by atoms with van der Waals surface area (Å²) in [6.07, 6.45) is 1.28. The number of rotatable bonds is 1. The molecule has 1 amide bonds. The highest BCUT2D eigenvalue weighted by Crippen LogP contribution is 2.21. The summed E-state index contributed by atoms with van der Waals surface area (Å²) in [4.78, 5) is 13.1. The molecule has 0 aliphatic carbocycles. The standard InChI is InChI=1S/C12H15NO2.C3H8/c1-10(14)13-7-8-15-12(9-13)11-5-3-2-4-6-11;1-3-2/h2-6,12H,7-9H2,1H3;3H2,1-2H3. The molecule has 3 heteroatoms. The van der Waals surface area contributed by atoms with E-state index >= 15 is 0 Å². The van der Waals surface area contributed by atoms with Gasteiger partial charge in [0.1, 0.15) is 6.10 Å². The first-order valence-corrected chi connectivity index (χ1v) is 6.61. The topological polar surface area (TPSA) is 29.5 Å². The van der Waals surface area contributed by atoms with Crippen LogP contribution in [-0.2, 0) is 9.53 Å². The number of ether oxygens (including phenoxy) is 1. The third-order valence-electron chi connectivity index (χ3n) is 2.68. The quantitative estimate of drug-likeness (QED) is 0.765. The minimum atomic E-state index is 0.0313. The van der Waals surface area contributed by atoms with E-state index in [2.05, 4.69) is 13.8 Å². The molecule has 0 spiro atoms. The molecule has 1 aliphatic rings. The van der Waals surface area contributed by atoms with Crippen LogP contribution in [-0.4, -0.2) is 30.5 Å². The second-order valence-electron chi connectivity index (χ2n) is 4.44. The molecule has 1 aromatic rings. The van der Waals surface area contributed by atoms with Crippen LogP contribution in [0.5, 0.6) is 0 Å². The smallest absolute Gasteiger partial charge is 0.219 e. The average molecular weight is 249 g/mol. The first-order valence-electron chi connectivity index (χ1n) is 6.61. The molecule has 1 saturated heterocycles. The zero-order chi connectivity index (χ0) is 13.4. The maximum atomic E-state index is 11.2. The fraction of sp³-hybridized carbons (Fsp3) is 0.533. The number of morpholine rings is 1. The van der Waals surface area contributed by atoms with Crippen LogP contribution in [0, 0.1) is 0 Å². The summed E-state index contributed by atoms with van der Waals surface area (Å²) in [6.45, 7) is 7.85.